The number of allylic oxidation sites excluding steroid dienone is 1. The molecule has 1 fully saturated rings. The van der Waals surface area contributed by atoms with E-state index in [4.69, 9.17) is 4.74 Å². The molecule has 0 aliphatic carbocycles. The normalized spacial score (nSPS) is 26.7. The highest BCUT2D eigenvalue weighted by atomic mass is 28.3. The van der Waals surface area contributed by atoms with Gasteiger partial charge in [-0.15, -0.1) is 0 Å². The largest absolute Gasteiger partial charge is 0.358 e. The molecule has 2 atom stereocenters. The molecule has 0 amide bonds. The molecule has 3 nitrogen and oxygen atoms in total. The molecule has 0 aromatic carbocycles. The molecular formula is C18H33NO2Si. The summed E-state index contributed by atoms with van der Waals surface area (Å²) in [5, 5.41) is 1.17. The minimum atomic E-state index is -1.87. The van der Waals surface area contributed by atoms with Gasteiger partial charge in [0.2, 0.25) is 0 Å². The van der Waals surface area contributed by atoms with Crippen molar-refractivity contribution >= 4 is 13.9 Å². The van der Waals surface area contributed by atoms with Crippen LogP contribution in [0.3, 0.4) is 0 Å². The van der Waals surface area contributed by atoms with Crippen LogP contribution in [0.15, 0.2) is 11.4 Å². The Morgan fingerprint density at radius 2 is 1.68 bits per heavy atom. The van der Waals surface area contributed by atoms with Crippen molar-refractivity contribution in [2.75, 3.05) is 6.73 Å². The first-order valence-electron chi connectivity index (χ1n) is 8.84. The minimum absolute atomic E-state index is 0.270. The zero-order chi connectivity index (χ0) is 16.7. The van der Waals surface area contributed by atoms with Crippen molar-refractivity contribution in [1.29, 1.82) is 0 Å². The Hall–Kier alpha value is -0.613. The Bertz CT molecular complexity index is 434. The average Bonchev–Trinajstić information content (AvgIpc) is 2.38. The molecule has 0 aromatic rings. The number of nitrogens with zero attached hydrogens (tertiary/aromatic N) is 1. The van der Waals surface area contributed by atoms with E-state index in [9.17, 15) is 4.79 Å². The Balaban J connectivity index is 2.45. The van der Waals surface area contributed by atoms with Crippen LogP contribution in [0.5, 0.6) is 0 Å². The van der Waals surface area contributed by atoms with Gasteiger partial charge in [-0.1, -0.05) is 41.5 Å². The molecule has 4 heteroatoms. The van der Waals surface area contributed by atoms with E-state index in [1.165, 1.54) is 5.20 Å². The number of Topliss-reactive ketones (excluding diaryl/α,β-unsaturated/α-hetero) is 1. The SMILES string of the molecule is CC(C)[Si](C1=CN2CO[C@@H](C)C[C@H]2CC1=O)(C(C)C)C(C)C. The molecule has 22 heavy (non-hydrogen) atoms. The van der Waals surface area contributed by atoms with E-state index in [0.29, 0.717) is 41.6 Å². The summed E-state index contributed by atoms with van der Waals surface area (Å²) in [6.45, 7) is 16.7. The second-order valence-electron chi connectivity index (χ2n) is 8.08. The lowest BCUT2D eigenvalue weighted by Crippen LogP contribution is -2.54. The Morgan fingerprint density at radius 3 is 2.18 bits per heavy atom. The minimum Gasteiger partial charge on any atom is -0.358 e. The van der Waals surface area contributed by atoms with Crippen molar-refractivity contribution in [1.82, 2.24) is 4.90 Å². The van der Waals surface area contributed by atoms with Gasteiger partial charge >= 0.3 is 0 Å². The zero-order valence-corrected chi connectivity index (χ0v) is 16.3. The lowest BCUT2D eigenvalue weighted by Gasteiger charge is -2.49. The van der Waals surface area contributed by atoms with Gasteiger partial charge in [-0.25, -0.2) is 0 Å². The molecule has 126 valence electrons. The maximum Gasteiger partial charge on any atom is 0.158 e. The van der Waals surface area contributed by atoms with Crippen molar-refractivity contribution in [2.45, 2.75) is 90.1 Å². The van der Waals surface area contributed by atoms with E-state index in [2.05, 4.69) is 59.6 Å². The maximum atomic E-state index is 13.0. The molecule has 2 heterocycles. The van der Waals surface area contributed by atoms with Gasteiger partial charge in [-0.3, -0.25) is 4.79 Å². The Morgan fingerprint density at radius 1 is 1.14 bits per heavy atom. The van der Waals surface area contributed by atoms with Crippen LogP contribution in [-0.2, 0) is 9.53 Å². The zero-order valence-electron chi connectivity index (χ0n) is 15.3. The van der Waals surface area contributed by atoms with E-state index < -0.39 is 8.07 Å². The fourth-order valence-electron chi connectivity index (χ4n) is 5.10. The average molecular weight is 324 g/mol. The lowest BCUT2D eigenvalue weighted by atomic mass is 9.99. The first-order chi connectivity index (χ1) is 10.2. The van der Waals surface area contributed by atoms with Crippen molar-refractivity contribution in [3.8, 4) is 0 Å². The van der Waals surface area contributed by atoms with Gasteiger partial charge in [0, 0.05) is 18.7 Å². The van der Waals surface area contributed by atoms with E-state index in [0.717, 1.165) is 6.42 Å². The molecule has 0 unspecified atom stereocenters. The number of ketones is 1. The molecule has 0 N–H and O–H groups in total. The molecule has 0 bridgehead atoms. The van der Waals surface area contributed by atoms with Crippen molar-refractivity contribution in [3.05, 3.63) is 11.4 Å². The summed E-state index contributed by atoms with van der Waals surface area (Å²) in [5.41, 5.74) is 1.72. The van der Waals surface area contributed by atoms with Gasteiger partial charge in [0.1, 0.15) is 14.8 Å². The molecule has 0 radical (unpaired) electrons. The van der Waals surface area contributed by atoms with Gasteiger partial charge < -0.3 is 9.64 Å². The number of rotatable bonds is 4. The van der Waals surface area contributed by atoms with Gasteiger partial charge in [-0.05, 0) is 35.2 Å². The summed E-state index contributed by atoms with van der Waals surface area (Å²) in [4.78, 5) is 15.3. The number of carbonyl (C=O) groups excluding carboxylic acids is 1. The van der Waals surface area contributed by atoms with Crippen molar-refractivity contribution in [3.63, 3.8) is 0 Å². The van der Waals surface area contributed by atoms with Crippen LogP contribution in [0.2, 0.25) is 16.6 Å². The van der Waals surface area contributed by atoms with Gasteiger partial charge in [-0.2, -0.15) is 0 Å². The first kappa shape index (κ1) is 17.7. The Labute approximate surface area is 137 Å². The molecular weight excluding hydrogens is 290 g/mol. The lowest BCUT2D eigenvalue weighted by molar-refractivity contribution is -0.122. The molecule has 0 saturated carbocycles. The van der Waals surface area contributed by atoms with Crippen LogP contribution in [0.25, 0.3) is 0 Å². The summed E-state index contributed by atoms with van der Waals surface area (Å²) in [6, 6.07) is 0.346. The van der Waals surface area contributed by atoms with E-state index >= 15 is 0 Å². The topological polar surface area (TPSA) is 29.5 Å². The van der Waals surface area contributed by atoms with E-state index in [-0.39, 0.29) is 6.10 Å². The summed E-state index contributed by atoms with van der Waals surface area (Å²) < 4.78 is 5.81. The van der Waals surface area contributed by atoms with E-state index in [1.54, 1.807) is 0 Å². The standard InChI is InChI=1S/C18H33NO2Si/c1-12(2)22(13(3)4,14(5)6)18-10-19-11-21-15(7)8-16(19)9-17(18)20/h10,12-16H,8-9,11H2,1-7H3/t15-,16-/m0/s1. The first-order valence-corrected chi connectivity index (χ1v) is 11.1. The third kappa shape index (κ3) is 2.80. The fourth-order valence-corrected chi connectivity index (χ4v) is 11.9. The van der Waals surface area contributed by atoms with Crippen LogP contribution >= 0.6 is 0 Å². The fraction of sp³-hybridized carbons (Fsp3) is 0.833. The summed E-state index contributed by atoms with van der Waals surface area (Å²) in [5.74, 6) is 0.415. The van der Waals surface area contributed by atoms with Crippen LogP contribution in [0.4, 0.5) is 0 Å². The molecule has 0 aromatic heterocycles. The third-order valence-electron chi connectivity index (χ3n) is 5.93. The number of ether oxygens (including phenoxy) is 1. The highest BCUT2D eigenvalue weighted by Crippen LogP contribution is 2.48. The maximum absolute atomic E-state index is 13.0. The second-order valence-corrected chi connectivity index (χ2v) is 13.9. The summed E-state index contributed by atoms with van der Waals surface area (Å²) in [6.07, 6.45) is 4.12. The van der Waals surface area contributed by atoms with Crippen LogP contribution < -0.4 is 0 Å². The number of hydrogen-bond acceptors (Lipinski definition) is 3. The van der Waals surface area contributed by atoms with Crippen molar-refractivity contribution in [2.24, 2.45) is 0 Å². The molecule has 0 spiro atoms. The third-order valence-corrected chi connectivity index (χ3v) is 13.0. The monoisotopic (exact) mass is 323 g/mol. The van der Waals surface area contributed by atoms with Gasteiger partial charge in [0.25, 0.3) is 0 Å². The highest BCUT2D eigenvalue weighted by molar-refractivity contribution is 6.93. The number of hydrogen-bond donors (Lipinski definition) is 0. The number of fused-ring (bicyclic) bond motifs is 1. The van der Waals surface area contributed by atoms with Crippen LogP contribution in [-0.4, -0.2) is 37.6 Å². The van der Waals surface area contributed by atoms with Crippen molar-refractivity contribution < 1.29 is 9.53 Å². The molecule has 2 rings (SSSR count). The number of carbonyl (C=O) groups is 1. The van der Waals surface area contributed by atoms with E-state index in [1.807, 2.05) is 0 Å². The smallest absolute Gasteiger partial charge is 0.158 e. The highest BCUT2D eigenvalue weighted by Gasteiger charge is 2.50. The van der Waals surface area contributed by atoms with Crippen LogP contribution in [0, 0.1) is 0 Å². The predicted molar refractivity (Wildman–Crippen MR) is 94.4 cm³/mol. The molecule has 2 aliphatic rings. The quantitative estimate of drug-likeness (QED) is 0.714. The molecule has 2 aliphatic heterocycles. The summed E-state index contributed by atoms with van der Waals surface area (Å²) >= 11 is 0. The predicted octanol–water partition coefficient (Wildman–Crippen LogP) is 4.50. The van der Waals surface area contributed by atoms with Gasteiger partial charge in [0.15, 0.2) is 5.78 Å². The van der Waals surface area contributed by atoms with Gasteiger partial charge in [0.05, 0.1) is 6.10 Å². The Kier molecular flexibility index (Phi) is 5.22. The van der Waals surface area contributed by atoms with Crippen LogP contribution in [0.1, 0.15) is 61.3 Å². The summed E-state index contributed by atoms with van der Waals surface area (Å²) in [7, 11) is -1.87. The second kappa shape index (κ2) is 6.48. The molecule has 1 saturated heterocycles.